The Morgan fingerprint density at radius 2 is 1.66 bits per heavy atom. The van der Waals surface area contributed by atoms with Gasteiger partial charge in [-0.2, -0.15) is 17.0 Å². The lowest BCUT2D eigenvalue weighted by atomic mass is 10.2. The quantitative estimate of drug-likeness (QED) is 0.620. The number of ether oxygens (including phenoxy) is 3. The highest BCUT2D eigenvalue weighted by Gasteiger charge is 2.34. The Morgan fingerprint density at radius 1 is 1.00 bits per heavy atom. The maximum atomic E-state index is 13.1. The van der Waals surface area contributed by atoms with E-state index in [1.54, 1.807) is 25.3 Å². The van der Waals surface area contributed by atoms with Gasteiger partial charge >= 0.3 is 0 Å². The number of hydrogen-bond donors (Lipinski definition) is 1. The van der Waals surface area contributed by atoms with Gasteiger partial charge in [0.2, 0.25) is 5.91 Å². The molecule has 1 amide bonds. The third-order valence-electron chi connectivity index (χ3n) is 5.05. The molecule has 32 heavy (non-hydrogen) atoms. The van der Waals surface area contributed by atoms with E-state index in [4.69, 9.17) is 25.8 Å². The zero-order chi connectivity index (χ0) is 23.3. The molecule has 0 radical (unpaired) electrons. The number of nitrogens with zero attached hydrogens (tertiary/aromatic N) is 2. The van der Waals surface area contributed by atoms with Crippen LogP contribution in [0.15, 0.2) is 36.4 Å². The number of benzene rings is 2. The summed E-state index contributed by atoms with van der Waals surface area (Å²) in [6.45, 7) is 0.532. The molecule has 2 aromatic carbocycles. The van der Waals surface area contributed by atoms with Gasteiger partial charge in [0.25, 0.3) is 10.2 Å². The highest BCUT2D eigenvalue weighted by Crippen LogP contribution is 2.36. The molecule has 1 fully saturated rings. The molecule has 0 aliphatic carbocycles. The van der Waals surface area contributed by atoms with E-state index < -0.39 is 16.1 Å². The first-order chi connectivity index (χ1) is 15.3. The fraction of sp³-hybridized carbons (Fsp3) is 0.381. The normalized spacial score (nSPS) is 16.4. The summed E-state index contributed by atoms with van der Waals surface area (Å²) in [7, 11) is 0.688. The lowest BCUT2D eigenvalue weighted by molar-refractivity contribution is -0.116. The second-order valence-electron chi connectivity index (χ2n) is 7.11. The minimum absolute atomic E-state index is 0.215. The molecule has 1 aliphatic rings. The molecule has 0 saturated carbocycles. The third-order valence-corrected chi connectivity index (χ3v) is 7.28. The van der Waals surface area contributed by atoms with Crippen LogP contribution in [0.2, 0.25) is 5.02 Å². The van der Waals surface area contributed by atoms with Gasteiger partial charge < -0.3 is 19.5 Å². The number of methoxy groups -OCH3 is 3. The van der Waals surface area contributed by atoms with Gasteiger partial charge in [0, 0.05) is 25.7 Å². The summed E-state index contributed by atoms with van der Waals surface area (Å²) < 4.78 is 44.2. The zero-order valence-corrected chi connectivity index (χ0v) is 19.7. The number of amides is 1. The molecule has 1 saturated heterocycles. The van der Waals surface area contributed by atoms with Crippen molar-refractivity contribution in [2.24, 2.45) is 0 Å². The molecule has 11 heteroatoms. The largest absolute Gasteiger partial charge is 0.497 e. The number of anilines is 1. The molecular formula is C21H26ClN3O6S. The number of carbonyl (C=O) groups is 1. The van der Waals surface area contributed by atoms with Crippen molar-refractivity contribution in [1.29, 1.82) is 0 Å². The fourth-order valence-corrected chi connectivity index (χ4v) is 5.26. The predicted octanol–water partition coefficient (Wildman–Crippen LogP) is 2.76. The van der Waals surface area contributed by atoms with Crippen molar-refractivity contribution in [3.05, 3.63) is 47.0 Å². The minimum atomic E-state index is -3.80. The van der Waals surface area contributed by atoms with E-state index in [0.29, 0.717) is 40.9 Å². The molecule has 9 nitrogen and oxygen atoms in total. The molecule has 0 aromatic heterocycles. The van der Waals surface area contributed by atoms with Gasteiger partial charge in [-0.25, -0.2) is 0 Å². The SMILES string of the molecule is COc1ccc(CN2CCCN(CC(=O)Nc3cc(Cl)c(OC)cc3OC)S2(=O)=O)cc1. The molecule has 0 spiro atoms. The topological polar surface area (TPSA) is 97.4 Å². The highest BCUT2D eigenvalue weighted by atomic mass is 35.5. The molecular weight excluding hydrogens is 458 g/mol. The van der Waals surface area contributed by atoms with Crippen molar-refractivity contribution in [3.8, 4) is 17.2 Å². The van der Waals surface area contributed by atoms with Crippen molar-refractivity contribution in [2.75, 3.05) is 46.3 Å². The molecule has 0 atom stereocenters. The first kappa shape index (κ1) is 24.1. The van der Waals surface area contributed by atoms with Crippen LogP contribution in [0.25, 0.3) is 0 Å². The number of nitrogens with one attached hydrogen (secondary N) is 1. The van der Waals surface area contributed by atoms with Gasteiger partial charge in [0.15, 0.2) is 0 Å². The fourth-order valence-electron chi connectivity index (χ4n) is 3.38. The Kier molecular flexibility index (Phi) is 7.83. The maximum absolute atomic E-state index is 13.1. The van der Waals surface area contributed by atoms with Gasteiger partial charge in [-0.15, -0.1) is 0 Å². The molecule has 1 N–H and O–H groups in total. The van der Waals surface area contributed by atoms with Gasteiger partial charge in [-0.3, -0.25) is 4.79 Å². The summed E-state index contributed by atoms with van der Waals surface area (Å²) in [6, 6.07) is 10.2. The molecule has 1 heterocycles. The van der Waals surface area contributed by atoms with Crippen LogP contribution < -0.4 is 19.5 Å². The Hall–Kier alpha value is -2.53. The van der Waals surface area contributed by atoms with E-state index in [9.17, 15) is 13.2 Å². The van der Waals surface area contributed by atoms with E-state index in [1.165, 1.54) is 28.9 Å². The van der Waals surface area contributed by atoms with Crippen LogP contribution >= 0.6 is 11.6 Å². The van der Waals surface area contributed by atoms with Crippen molar-refractivity contribution in [3.63, 3.8) is 0 Å². The Bertz CT molecular complexity index is 1060. The zero-order valence-electron chi connectivity index (χ0n) is 18.1. The lowest BCUT2D eigenvalue weighted by Crippen LogP contribution is -2.51. The molecule has 0 bridgehead atoms. The Balaban J connectivity index is 1.70. The van der Waals surface area contributed by atoms with Crippen LogP contribution in [-0.2, 0) is 21.5 Å². The van der Waals surface area contributed by atoms with Crippen LogP contribution in [0.1, 0.15) is 12.0 Å². The smallest absolute Gasteiger partial charge is 0.282 e. The summed E-state index contributed by atoms with van der Waals surface area (Å²) in [5, 5.41) is 2.96. The van der Waals surface area contributed by atoms with Gasteiger partial charge in [-0.05, 0) is 30.2 Å². The van der Waals surface area contributed by atoms with Gasteiger partial charge in [0.05, 0.1) is 38.6 Å². The van der Waals surface area contributed by atoms with Crippen LogP contribution in [0.5, 0.6) is 17.2 Å². The number of rotatable bonds is 8. The monoisotopic (exact) mass is 483 g/mol. The van der Waals surface area contributed by atoms with Crippen molar-refractivity contribution >= 4 is 33.4 Å². The van der Waals surface area contributed by atoms with Crippen LogP contribution in [0.3, 0.4) is 0 Å². The number of hydrogen-bond acceptors (Lipinski definition) is 6. The first-order valence-electron chi connectivity index (χ1n) is 9.88. The van der Waals surface area contributed by atoms with E-state index >= 15 is 0 Å². The summed E-state index contributed by atoms with van der Waals surface area (Å²) in [5.41, 5.74) is 1.16. The van der Waals surface area contributed by atoms with Crippen LogP contribution in [0.4, 0.5) is 5.69 Å². The first-order valence-corrected chi connectivity index (χ1v) is 11.7. The standard InChI is InChI=1S/C21H26ClN3O6S/c1-29-16-7-5-15(6-8-16)13-24-9-4-10-25(32(24,27)28)14-21(26)23-18-11-17(22)19(30-2)12-20(18)31-3/h5-8,11-12H,4,9-10,13-14H2,1-3H3,(H,23,26). The summed E-state index contributed by atoms with van der Waals surface area (Å²) >= 11 is 6.14. The lowest BCUT2D eigenvalue weighted by Gasteiger charge is -2.34. The number of carbonyl (C=O) groups excluding carboxylic acids is 1. The second kappa shape index (κ2) is 10.4. The van der Waals surface area contributed by atoms with E-state index in [1.807, 2.05) is 12.1 Å². The minimum Gasteiger partial charge on any atom is -0.497 e. The van der Waals surface area contributed by atoms with Crippen LogP contribution in [-0.4, -0.2) is 63.9 Å². The summed E-state index contributed by atoms with van der Waals surface area (Å²) in [5.74, 6) is 0.943. The maximum Gasteiger partial charge on any atom is 0.282 e. The average Bonchev–Trinajstić information content (AvgIpc) is 2.77. The molecule has 174 valence electrons. The van der Waals surface area contributed by atoms with Crippen molar-refractivity contribution < 1.29 is 27.4 Å². The molecule has 2 aromatic rings. The molecule has 1 aliphatic heterocycles. The average molecular weight is 484 g/mol. The predicted molar refractivity (Wildman–Crippen MR) is 122 cm³/mol. The van der Waals surface area contributed by atoms with E-state index in [0.717, 1.165) is 5.56 Å². The van der Waals surface area contributed by atoms with E-state index in [2.05, 4.69) is 5.32 Å². The Morgan fingerprint density at radius 3 is 2.28 bits per heavy atom. The highest BCUT2D eigenvalue weighted by molar-refractivity contribution is 7.86. The second-order valence-corrected chi connectivity index (χ2v) is 9.45. The molecule has 3 rings (SSSR count). The number of halogens is 1. The van der Waals surface area contributed by atoms with Gasteiger partial charge in [0.1, 0.15) is 17.2 Å². The summed E-state index contributed by atoms with van der Waals surface area (Å²) in [4.78, 5) is 12.7. The molecule has 0 unspecified atom stereocenters. The third kappa shape index (κ3) is 5.44. The van der Waals surface area contributed by atoms with Gasteiger partial charge in [-0.1, -0.05) is 23.7 Å². The van der Waals surface area contributed by atoms with E-state index in [-0.39, 0.29) is 19.6 Å². The van der Waals surface area contributed by atoms with Crippen LogP contribution in [0, 0.1) is 0 Å². The summed E-state index contributed by atoms with van der Waals surface area (Å²) in [6.07, 6.45) is 0.611. The van der Waals surface area contributed by atoms with Crippen molar-refractivity contribution in [2.45, 2.75) is 13.0 Å². The Labute approximate surface area is 193 Å². The van der Waals surface area contributed by atoms with Crippen molar-refractivity contribution in [1.82, 2.24) is 8.61 Å².